The Morgan fingerprint density at radius 1 is 1.44 bits per heavy atom. The van der Waals surface area contributed by atoms with Crippen LogP contribution in [0.25, 0.3) is 11.1 Å². The molecule has 0 bridgehead atoms. The fraction of sp³-hybridized carbons (Fsp3) is 0.462. The van der Waals surface area contributed by atoms with Crippen LogP contribution in [0.5, 0.6) is 0 Å². The molecule has 3 N–H and O–H groups in total. The van der Waals surface area contributed by atoms with Gasteiger partial charge in [0.1, 0.15) is 0 Å². The Morgan fingerprint density at radius 2 is 2.11 bits per heavy atom. The summed E-state index contributed by atoms with van der Waals surface area (Å²) in [5.41, 5.74) is 8.17. The van der Waals surface area contributed by atoms with E-state index in [4.69, 9.17) is 10.2 Å². The van der Waals surface area contributed by atoms with Gasteiger partial charge in [0.05, 0.1) is 5.52 Å². The summed E-state index contributed by atoms with van der Waals surface area (Å²) in [7, 11) is 3.57. The fourth-order valence-electron chi connectivity index (χ4n) is 2.29. The predicted octanol–water partition coefficient (Wildman–Crippen LogP) is 1.13. The average molecular weight is 249 g/mol. The molecule has 1 atom stereocenters. The van der Waals surface area contributed by atoms with Crippen LogP contribution in [-0.4, -0.2) is 17.2 Å². The third-order valence-electron chi connectivity index (χ3n) is 3.18. The minimum atomic E-state index is -0.398. The van der Waals surface area contributed by atoms with Gasteiger partial charge >= 0.3 is 5.76 Å². The third-order valence-corrected chi connectivity index (χ3v) is 3.18. The van der Waals surface area contributed by atoms with Gasteiger partial charge < -0.3 is 15.5 Å². The molecule has 0 aliphatic carbocycles. The standard InChI is InChI=1S/C13H19N3O2/c1-13(2,14)11(15-3)8-5-6-10-9(7-8)16(4)12(17)18-10/h5-7,11,15H,14H2,1-4H3. The zero-order chi connectivity index (χ0) is 13.5. The zero-order valence-electron chi connectivity index (χ0n) is 11.2. The first kappa shape index (κ1) is 12.9. The van der Waals surface area contributed by atoms with E-state index in [1.54, 1.807) is 7.05 Å². The molecule has 0 amide bonds. The maximum absolute atomic E-state index is 11.4. The molecular formula is C13H19N3O2. The second-order valence-corrected chi connectivity index (χ2v) is 5.20. The highest BCUT2D eigenvalue weighted by Gasteiger charge is 2.25. The summed E-state index contributed by atoms with van der Waals surface area (Å²) in [5, 5.41) is 3.21. The number of aryl methyl sites for hydroxylation is 1. The van der Waals surface area contributed by atoms with Crippen molar-refractivity contribution in [3.05, 3.63) is 34.3 Å². The Bertz CT molecular complexity index is 619. The van der Waals surface area contributed by atoms with E-state index >= 15 is 0 Å². The molecule has 0 radical (unpaired) electrons. The van der Waals surface area contributed by atoms with Gasteiger partial charge in [0, 0.05) is 18.6 Å². The van der Waals surface area contributed by atoms with Gasteiger partial charge in [-0.3, -0.25) is 4.57 Å². The molecule has 18 heavy (non-hydrogen) atoms. The van der Waals surface area contributed by atoms with Crippen LogP contribution < -0.4 is 16.8 Å². The van der Waals surface area contributed by atoms with Crippen molar-refractivity contribution in [2.45, 2.75) is 25.4 Å². The van der Waals surface area contributed by atoms with Crippen molar-refractivity contribution in [2.75, 3.05) is 7.05 Å². The number of nitrogens with zero attached hydrogens (tertiary/aromatic N) is 1. The first-order valence-corrected chi connectivity index (χ1v) is 5.90. The quantitative estimate of drug-likeness (QED) is 0.855. The third kappa shape index (κ3) is 2.07. The SMILES string of the molecule is CNC(c1ccc2oc(=O)n(C)c2c1)C(C)(C)N. The molecule has 0 spiro atoms. The van der Waals surface area contributed by atoms with Crippen LogP contribution in [0.1, 0.15) is 25.5 Å². The molecule has 1 aromatic carbocycles. The molecule has 98 valence electrons. The second-order valence-electron chi connectivity index (χ2n) is 5.20. The van der Waals surface area contributed by atoms with Crippen LogP contribution in [0.2, 0.25) is 0 Å². The molecule has 0 saturated carbocycles. The topological polar surface area (TPSA) is 73.2 Å². The maximum Gasteiger partial charge on any atom is 0.419 e. The first-order valence-electron chi connectivity index (χ1n) is 5.90. The lowest BCUT2D eigenvalue weighted by atomic mass is 9.89. The van der Waals surface area contributed by atoms with E-state index in [-0.39, 0.29) is 11.8 Å². The summed E-state index contributed by atoms with van der Waals surface area (Å²) in [6.45, 7) is 3.93. The summed E-state index contributed by atoms with van der Waals surface area (Å²) in [5.74, 6) is -0.352. The molecule has 1 heterocycles. The Morgan fingerprint density at radius 3 is 2.67 bits per heavy atom. The molecule has 0 saturated heterocycles. The average Bonchev–Trinajstić information content (AvgIpc) is 2.55. The number of rotatable bonds is 3. The molecule has 2 rings (SSSR count). The summed E-state index contributed by atoms with van der Waals surface area (Å²) >= 11 is 0. The largest absolute Gasteiger partial charge is 0.419 e. The predicted molar refractivity (Wildman–Crippen MR) is 71.5 cm³/mol. The van der Waals surface area contributed by atoms with Crippen LogP contribution in [0.15, 0.2) is 27.4 Å². The highest BCUT2D eigenvalue weighted by atomic mass is 16.4. The molecule has 0 fully saturated rings. The Balaban J connectivity index is 2.59. The van der Waals surface area contributed by atoms with Crippen molar-refractivity contribution in [3.8, 4) is 0 Å². The minimum Gasteiger partial charge on any atom is -0.408 e. The van der Waals surface area contributed by atoms with Gasteiger partial charge in [-0.1, -0.05) is 6.07 Å². The lowest BCUT2D eigenvalue weighted by Crippen LogP contribution is -2.45. The van der Waals surface area contributed by atoms with Gasteiger partial charge in [-0.2, -0.15) is 0 Å². The minimum absolute atomic E-state index is 0.00639. The Kier molecular flexibility index (Phi) is 3.04. The summed E-state index contributed by atoms with van der Waals surface area (Å²) < 4.78 is 6.60. The van der Waals surface area contributed by atoms with Crippen LogP contribution in [-0.2, 0) is 7.05 Å². The molecule has 5 nitrogen and oxygen atoms in total. The number of aromatic nitrogens is 1. The van der Waals surface area contributed by atoms with Crippen molar-refractivity contribution in [3.63, 3.8) is 0 Å². The summed E-state index contributed by atoms with van der Waals surface area (Å²) in [4.78, 5) is 11.4. The van der Waals surface area contributed by atoms with Gasteiger partial charge in [0.25, 0.3) is 0 Å². The summed E-state index contributed by atoms with van der Waals surface area (Å²) in [6, 6.07) is 5.69. The van der Waals surface area contributed by atoms with Gasteiger partial charge in [-0.15, -0.1) is 0 Å². The molecule has 1 unspecified atom stereocenters. The lowest BCUT2D eigenvalue weighted by molar-refractivity contribution is 0.370. The lowest BCUT2D eigenvalue weighted by Gasteiger charge is -2.30. The number of benzene rings is 1. The number of hydrogen-bond acceptors (Lipinski definition) is 4. The Hall–Kier alpha value is -1.59. The van der Waals surface area contributed by atoms with Gasteiger partial charge in [-0.05, 0) is 38.6 Å². The number of nitrogens with one attached hydrogen (secondary N) is 1. The van der Waals surface area contributed by atoms with Crippen molar-refractivity contribution in [2.24, 2.45) is 12.8 Å². The van der Waals surface area contributed by atoms with Crippen molar-refractivity contribution < 1.29 is 4.42 Å². The van der Waals surface area contributed by atoms with E-state index < -0.39 is 5.54 Å². The molecule has 0 aliphatic heterocycles. The van der Waals surface area contributed by atoms with E-state index in [9.17, 15) is 4.79 Å². The van der Waals surface area contributed by atoms with E-state index in [1.807, 2.05) is 39.1 Å². The van der Waals surface area contributed by atoms with Crippen LogP contribution in [0, 0.1) is 0 Å². The van der Waals surface area contributed by atoms with Crippen LogP contribution in [0.3, 0.4) is 0 Å². The van der Waals surface area contributed by atoms with Crippen LogP contribution >= 0.6 is 0 Å². The van der Waals surface area contributed by atoms with Crippen molar-refractivity contribution in [1.29, 1.82) is 0 Å². The number of nitrogens with two attached hydrogens (primary N) is 1. The maximum atomic E-state index is 11.4. The van der Waals surface area contributed by atoms with E-state index in [1.165, 1.54) is 4.57 Å². The van der Waals surface area contributed by atoms with Gasteiger partial charge in [0.15, 0.2) is 5.58 Å². The number of likely N-dealkylation sites (N-methyl/N-ethyl adjacent to an activating group) is 1. The zero-order valence-corrected chi connectivity index (χ0v) is 11.2. The fourth-order valence-corrected chi connectivity index (χ4v) is 2.29. The van der Waals surface area contributed by atoms with Gasteiger partial charge in [0.2, 0.25) is 0 Å². The summed E-state index contributed by atoms with van der Waals surface area (Å²) in [6.07, 6.45) is 0. The molecular weight excluding hydrogens is 230 g/mol. The van der Waals surface area contributed by atoms with E-state index in [2.05, 4.69) is 5.32 Å². The molecule has 5 heteroatoms. The highest BCUT2D eigenvalue weighted by Crippen LogP contribution is 2.25. The van der Waals surface area contributed by atoms with Crippen LogP contribution in [0.4, 0.5) is 0 Å². The first-order chi connectivity index (χ1) is 8.34. The molecule has 1 aromatic heterocycles. The van der Waals surface area contributed by atoms with Gasteiger partial charge in [-0.25, -0.2) is 4.79 Å². The molecule has 0 aliphatic rings. The second kappa shape index (κ2) is 4.26. The van der Waals surface area contributed by atoms with Crippen molar-refractivity contribution >= 4 is 11.1 Å². The highest BCUT2D eigenvalue weighted by molar-refractivity contribution is 5.73. The molecule has 2 aromatic rings. The van der Waals surface area contributed by atoms with Crippen molar-refractivity contribution in [1.82, 2.24) is 9.88 Å². The van der Waals surface area contributed by atoms with E-state index in [0.29, 0.717) is 5.58 Å². The Labute approximate surface area is 106 Å². The normalized spacial score (nSPS) is 14.1. The number of oxazole rings is 1. The number of fused-ring (bicyclic) bond motifs is 1. The monoisotopic (exact) mass is 249 g/mol. The smallest absolute Gasteiger partial charge is 0.408 e. The van der Waals surface area contributed by atoms with E-state index in [0.717, 1.165) is 11.1 Å². The number of hydrogen-bond donors (Lipinski definition) is 2.